The van der Waals surface area contributed by atoms with Crippen LogP contribution in [0.1, 0.15) is 50.3 Å². The summed E-state index contributed by atoms with van der Waals surface area (Å²) in [5.74, 6) is 1.31. The van der Waals surface area contributed by atoms with Gasteiger partial charge in [-0.15, -0.1) is 0 Å². The number of benzene rings is 2. The molecule has 1 N–H and O–H groups in total. The molecule has 5 rings (SSSR count). The van der Waals surface area contributed by atoms with Crippen LogP contribution in [0.25, 0.3) is 11.3 Å². The Morgan fingerprint density at radius 2 is 1.83 bits per heavy atom. The molecule has 0 spiro atoms. The van der Waals surface area contributed by atoms with Crippen LogP contribution in [0.2, 0.25) is 0 Å². The van der Waals surface area contributed by atoms with E-state index >= 15 is 0 Å². The van der Waals surface area contributed by atoms with Crippen LogP contribution in [-0.4, -0.2) is 44.8 Å². The fourth-order valence-corrected chi connectivity index (χ4v) is 5.11. The van der Waals surface area contributed by atoms with Gasteiger partial charge in [0.2, 0.25) is 17.7 Å². The van der Waals surface area contributed by atoms with E-state index in [1.54, 1.807) is 37.6 Å². The largest absolute Gasteiger partial charge is 0.497 e. The summed E-state index contributed by atoms with van der Waals surface area (Å²) >= 11 is 1.64. The van der Waals surface area contributed by atoms with Gasteiger partial charge in [0.05, 0.1) is 50.0 Å². The summed E-state index contributed by atoms with van der Waals surface area (Å²) in [6.45, 7) is 4.83. The van der Waals surface area contributed by atoms with Crippen molar-refractivity contribution in [2.24, 2.45) is 0 Å². The third-order valence-corrected chi connectivity index (χ3v) is 7.83. The molecule has 1 aliphatic rings. The van der Waals surface area contributed by atoms with Gasteiger partial charge in [0.25, 0.3) is 0 Å². The minimum absolute atomic E-state index is 0.0336. The predicted molar refractivity (Wildman–Crippen MR) is 162 cm³/mol. The molecule has 0 aliphatic heterocycles. The minimum Gasteiger partial charge on any atom is -0.497 e. The fourth-order valence-electron chi connectivity index (χ4n) is 4.36. The molecule has 2 aromatic carbocycles. The molecule has 1 atom stereocenters. The summed E-state index contributed by atoms with van der Waals surface area (Å²) in [4.78, 5) is 33.9. The molecule has 2 heterocycles. The lowest BCUT2D eigenvalue weighted by Gasteiger charge is -2.27. The molecular weight excluding hydrogens is 536 g/mol. The molecule has 4 aromatic rings. The quantitative estimate of drug-likeness (QED) is 0.186. The summed E-state index contributed by atoms with van der Waals surface area (Å²) in [5, 5.41) is 0.612. The fraction of sp³-hybridized carbons (Fsp3) is 0.323. The lowest BCUT2D eigenvalue weighted by atomic mass is 9.99. The highest BCUT2D eigenvalue weighted by atomic mass is 32.2. The van der Waals surface area contributed by atoms with E-state index in [9.17, 15) is 4.79 Å². The maximum Gasteiger partial charge on any atom is 0.236 e. The number of ether oxygens (including phenoxy) is 2. The van der Waals surface area contributed by atoms with Gasteiger partial charge in [-0.05, 0) is 74.0 Å². The molecule has 1 unspecified atom stereocenters. The molecule has 212 valence electrons. The number of amides is 1. The second-order valence-electron chi connectivity index (χ2n) is 9.68. The molecule has 0 radical (unpaired) electrons. The zero-order chi connectivity index (χ0) is 28.6. The van der Waals surface area contributed by atoms with E-state index in [1.165, 1.54) is 12.8 Å². The van der Waals surface area contributed by atoms with E-state index in [4.69, 9.17) is 14.5 Å². The average Bonchev–Trinajstić information content (AvgIpc) is 3.85. The Bertz CT molecular complexity index is 1450. The van der Waals surface area contributed by atoms with Gasteiger partial charge in [-0.25, -0.2) is 15.0 Å². The Hall–Kier alpha value is -4.18. The molecule has 1 amide bonds. The minimum atomic E-state index is -0.434. The molecule has 9 nitrogen and oxygen atoms in total. The van der Waals surface area contributed by atoms with E-state index in [-0.39, 0.29) is 5.91 Å². The first-order chi connectivity index (χ1) is 20.1. The summed E-state index contributed by atoms with van der Waals surface area (Å²) in [6.07, 6.45) is 8.03. The maximum absolute atomic E-state index is 14.2. The summed E-state index contributed by atoms with van der Waals surface area (Å²) in [5.41, 5.74) is 4.04. The number of methoxy groups -OCH3 is 1. The van der Waals surface area contributed by atoms with Crippen LogP contribution in [0.4, 0.5) is 11.6 Å². The van der Waals surface area contributed by atoms with Gasteiger partial charge in [0, 0.05) is 22.7 Å². The van der Waals surface area contributed by atoms with Crippen LogP contribution >= 0.6 is 11.9 Å². The molecule has 0 bridgehead atoms. The van der Waals surface area contributed by atoms with E-state index in [0.29, 0.717) is 48.0 Å². The molecule has 10 heteroatoms. The number of carbonyl (C=O) groups excluding carboxylic acids is 1. The van der Waals surface area contributed by atoms with Crippen molar-refractivity contribution in [2.75, 3.05) is 23.3 Å². The van der Waals surface area contributed by atoms with Gasteiger partial charge in [-0.3, -0.25) is 14.5 Å². The number of hydrogen-bond acceptors (Lipinski definition) is 9. The van der Waals surface area contributed by atoms with Gasteiger partial charge in [-0.2, -0.15) is 0 Å². The third kappa shape index (κ3) is 7.32. The molecule has 2 aromatic heterocycles. The van der Waals surface area contributed by atoms with Crippen molar-refractivity contribution in [1.82, 2.24) is 19.9 Å². The number of rotatable bonds is 13. The molecule has 0 saturated heterocycles. The van der Waals surface area contributed by atoms with Gasteiger partial charge in [0.15, 0.2) is 0 Å². The van der Waals surface area contributed by atoms with Crippen molar-refractivity contribution in [3.63, 3.8) is 0 Å². The first kappa shape index (κ1) is 28.4. The van der Waals surface area contributed by atoms with Crippen molar-refractivity contribution in [3.05, 3.63) is 84.4 Å². The molecule has 41 heavy (non-hydrogen) atoms. The summed E-state index contributed by atoms with van der Waals surface area (Å²) < 4.78 is 14.1. The Morgan fingerprint density at radius 1 is 1.05 bits per heavy atom. The summed E-state index contributed by atoms with van der Waals surface area (Å²) in [6, 6.07) is 17.4. The number of nitrogens with zero attached hydrogens (tertiary/aromatic N) is 5. The van der Waals surface area contributed by atoms with E-state index in [0.717, 1.165) is 22.6 Å². The van der Waals surface area contributed by atoms with Crippen molar-refractivity contribution in [1.29, 1.82) is 0 Å². The smallest absolute Gasteiger partial charge is 0.236 e. The van der Waals surface area contributed by atoms with Crippen LogP contribution in [0.15, 0.2) is 73.2 Å². The molecule has 1 fully saturated rings. The highest BCUT2D eigenvalue weighted by molar-refractivity contribution is 8.01. The van der Waals surface area contributed by atoms with Crippen LogP contribution in [0.3, 0.4) is 0 Å². The molecular formula is C31H34N6O3S. The van der Waals surface area contributed by atoms with E-state index < -0.39 is 5.92 Å². The number of anilines is 2. The Kier molecular flexibility index (Phi) is 9.30. The average molecular weight is 571 g/mol. The predicted octanol–water partition coefficient (Wildman–Crippen LogP) is 6.29. The maximum atomic E-state index is 14.2. The first-order valence-electron chi connectivity index (χ1n) is 13.8. The van der Waals surface area contributed by atoms with E-state index in [2.05, 4.69) is 19.7 Å². The van der Waals surface area contributed by atoms with Crippen molar-refractivity contribution in [2.45, 2.75) is 50.8 Å². The Balaban J connectivity index is 1.43. The van der Waals surface area contributed by atoms with E-state index in [1.807, 2.05) is 73.3 Å². The molecule has 1 saturated carbocycles. The number of hydrogen-bond donors (Lipinski definition) is 1. The highest BCUT2D eigenvalue weighted by Gasteiger charge is 2.28. The topological polar surface area (TPSA) is 102 Å². The lowest BCUT2D eigenvalue weighted by Crippen LogP contribution is -2.35. The molecule has 1 aliphatic carbocycles. The van der Waals surface area contributed by atoms with Crippen LogP contribution in [-0.2, 0) is 11.3 Å². The number of carbonyl (C=O) groups is 1. The number of nitrogens with one attached hydrogen (secondary N) is 1. The van der Waals surface area contributed by atoms with Crippen LogP contribution < -0.4 is 19.1 Å². The Labute approximate surface area is 244 Å². The normalized spacial score (nSPS) is 13.3. The monoisotopic (exact) mass is 570 g/mol. The highest BCUT2D eigenvalue weighted by Crippen LogP contribution is 2.34. The van der Waals surface area contributed by atoms with Gasteiger partial charge < -0.3 is 14.4 Å². The third-order valence-electron chi connectivity index (χ3n) is 6.73. The van der Waals surface area contributed by atoms with Crippen molar-refractivity contribution < 1.29 is 14.3 Å². The van der Waals surface area contributed by atoms with Crippen molar-refractivity contribution in [3.8, 4) is 22.9 Å². The standard InChI is InChI=1S/C31H34N6O3S/c1-4-26(27-16-17-33-31(35-27)36-41-25-14-15-25)30(38)37(20-21-6-12-24(39-3)13-7-21)23-10-8-22(9-11-23)28-18-32-19-29(34-28)40-5-2/h6-13,16-19,25-26H,4-5,14-15,20H2,1-3H3,(H,33,35,36). The van der Waals surface area contributed by atoms with Gasteiger partial charge in [-0.1, -0.05) is 31.2 Å². The zero-order valence-electron chi connectivity index (χ0n) is 23.5. The Morgan fingerprint density at radius 3 is 2.51 bits per heavy atom. The SMILES string of the molecule is CCOc1cncc(-c2ccc(N(Cc3ccc(OC)cc3)C(=O)C(CC)c3ccnc(NSC4CC4)n3)cc2)n1. The van der Waals surface area contributed by atoms with Gasteiger partial charge >= 0.3 is 0 Å². The van der Waals surface area contributed by atoms with Crippen LogP contribution in [0, 0.1) is 0 Å². The van der Waals surface area contributed by atoms with Crippen LogP contribution in [0.5, 0.6) is 11.6 Å². The second kappa shape index (κ2) is 13.5. The zero-order valence-corrected chi connectivity index (χ0v) is 24.3. The second-order valence-corrected chi connectivity index (χ2v) is 10.8. The lowest BCUT2D eigenvalue weighted by molar-refractivity contribution is -0.120. The summed E-state index contributed by atoms with van der Waals surface area (Å²) in [7, 11) is 1.64. The van der Waals surface area contributed by atoms with Gasteiger partial charge in [0.1, 0.15) is 5.75 Å². The first-order valence-corrected chi connectivity index (χ1v) is 14.7. The number of aromatic nitrogens is 4. The van der Waals surface area contributed by atoms with Crippen molar-refractivity contribution >= 4 is 29.5 Å².